The Balaban J connectivity index is 1.43. The van der Waals surface area contributed by atoms with Crippen molar-refractivity contribution in [2.24, 2.45) is 0 Å². The zero-order chi connectivity index (χ0) is 20.6. The van der Waals surface area contributed by atoms with Crippen molar-refractivity contribution in [3.05, 3.63) is 52.3 Å². The molecule has 1 amide bonds. The molecule has 29 heavy (non-hydrogen) atoms. The third-order valence-electron chi connectivity index (χ3n) is 3.81. The Hall–Kier alpha value is -2.78. The van der Waals surface area contributed by atoms with Crippen LogP contribution in [0.1, 0.15) is 21.5 Å². The number of para-hydroxylation sites is 2. The number of nitrogens with one attached hydrogen (secondary N) is 1. The predicted octanol–water partition coefficient (Wildman–Crippen LogP) is 2.89. The first kappa shape index (κ1) is 20.9. The number of esters is 1. The average molecular weight is 430 g/mol. The van der Waals surface area contributed by atoms with Crippen molar-refractivity contribution >= 4 is 51.8 Å². The first-order chi connectivity index (χ1) is 14.0. The lowest BCUT2D eigenvalue weighted by atomic mass is 10.3. The molecule has 7 nitrogen and oxygen atoms in total. The fourth-order valence-electron chi connectivity index (χ4n) is 2.43. The molecule has 1 aromatic carbocycles. The van der Waals surface area contributed by atoms with Crippen molar-refractivity contribution in [2.45, 2.75) is 18.4 Å². The molecule has 0 aliphatic rings. The number of rotatable bonds is 9. The fourth-order valence-corrected chi connectivity index (χ4v) is 4.00. The zero-order valence-corrected chi connectivity index (χ0v) is 17.3. The first-order valence-corrected chi connectivity index (χ1v) is 10.7. The van der Waals surface area contributed by atoms with Crippen molar-refractivity contribution < 1.29 is 19.1 Å². The molecule has 9 heteroatoms. The van der Waals surface area contributed by atoms with Gasteiger partial charge in [-0.1, -0.05) is 23.9 Å². The summed E-state index contributed by atoms with van der Waals surface area (Å²) in [5.74, 6) is -0.769. The molecule has 0 bridgehead atoms. The lowest BCUT2D eigenvalue weighted by Crippen LogP contribution is -2.22. The second-order valence-electron chi connectivity index (χ2n) is 6.07. The van der Waals surface area contributed by atoms with Crippen LogP contribution in [0.25, 0.3) is 11.0 Å². The summed E-state index contributed by atoms with van der Waals surface area (Å²) < 4.78 is 5.08. The normalized spacial score (nSPS) is 10.7. The lowest BCUT2D eigenvalue weighted by Gasteiger charge is -2.04. The maximum Gasteiger partial charge on any atom is 0.316 e. The average Bonchev–Trinajstić information content (AvgIpc) is 3.19. The Kier molecular flexibility index (Phi) is 7.31. The molecule has 0 saturated heterocycles. The van der Waals surface area contributed by atoms with Gasteiger partial charge in [0.05, 0.1) is 27.9 Å². The van der Waals surface area contributed by atoms with E-state index in [1.807, 2.05) is 30.3 Å². The number of amides is 1. The smallest absolute Gasteiger partial charge is 0.316 e. The molecular weight excluding hydrogens is 410 g/mol. The first-order valence-electron chi connectivity index (χ1n) is 8.88. The van der Waals surface area contributed by atoms with Gasteiger partial charge in [0.25, 0.3) is 0 Å². The molecule has 150 valence electrons. The summed E-state index contributed by atoms with van der Waals surface area (Å²) in [6, 6.07) is 11.0. The van der Waals surface area contributed by atoms with E-state index in [1.54, 1.807) is 12.3 Å². The van der Waals surface area contributed by atoms with E-state index in [9.17, 15) is 14.4 Å². The topological polar surface area (TPSA) is 98.2 Å². The van der Waals surface area contributed by atoms with Crippen LogP contribution in [-0.2, 0) is 20.7 Å². The number of fused-ring (bicyclic) bond motifs is 1. The van der Waals surface area contributed by atoms with Crippen LogP contribution in [0.2, 0.25) is 0 Å². The van der Waals surface area contributed by atoms with Gasteiger partial charge >= 0.3 is 5.97 Å². The molecule has 3 aromatic rings. The molecule has 0 atom stereocenters. The minimum absolute atomic E-state index is 0.0483. The van der Waals surface area contributed by atoms with Gasteiger partial charge < -0.3 is 10.1 Å². The Bertz CT molecular complexity index is 1040. The monoisotopic (exact) mass is 429 g/mol. The summed E-state index contributed by atoms with van der Waals surface area (Å²) >= 11 is 2.56. The maximum absolute atomic E-state index is 12.2. The molecule has 0 unspecified atom stereocenters. The van der Waals surface area contributed by atoms with Gasteiger partial charge in [-0.3, -0.25) is 19.4 Å². The second kappa shape index (κ2) is 10.1. The van der Waals surface area contributed by atoms with E-state index >= 15 is 0 Å². The van der Waals surface area contributed by atoms with E-state index in [0.717, 1.165) is 15.9 Å². The van der Waals surface area contributed by atoms with Crippen LogP contribution < -0.4 is 5.32 Å². The number of thiophene rings is 1. The van der Waals surface area contributed by atoms with Gasteiger partial charge in [-0.15, -0.1) is 11.3 Å². The lowest BCUT2D eigenvalue weighted by molar-refractivity contribution is -0.139. The molecule has 2 aromatic heterocycles. The Morgan fingerprint density at radius 3 is 2.72 bits per heavy atom. The predicted molar refractivity (Wildman–Crippen MR) is 112 cm³/mol. The summed E-state index contributed by atoms with van der Waals surface area (Å²) in [6.45, 7) is 1.68. The SMILES string of the molecule is CC(=O)NCCc1ccc(C(=O)COC(=O)CSc2cnc3ccccc3n2)s1. The highest BCUT2D eigenvalue weighted by Gasteiger charge is 2.13. The summed E-state index contributed by atoms with van der Waals surface area (Å²) in [4.78, 5) is 45.3. The van der Waals surface area contributed by atoms with E-state index in [1.165, 1.54) is 30.0 Å². The summed E-state index contributed by atoms with van der Waals surface area (Å²) in [6.07, 6.45) is 2.26. The van der Waals surface area contributed by atoms with Gasteiger partial charge in [0, 0.05) is 18.3 Å². The number of nitrogens with zero attached hydrogens (tertiary/aromatic N) is 2. The highest BCUT2D eigenvalue weighted by Crippen LogP contribution is 2.19. The van der Waals surface area contributed by atoms with Gasteiger partial charge in [0.15, 0.2) is 6.61 Å². The Morgan fingerprint density at radius 1 is 1.14 bits per heavy atom. The molecule has 0 saturated carbocycles. The van der Waals surface area contributed by atoms with Crippen LogP contribution in [0.5, 0.6) is 0 Å². The third-order valence-corrected chi connectivity index (χ3v) is 5.87. The number of ether oxygens (including phenoxy) is 1. The summed E-state index contributed by atoms with van der Waals surface area (Å²) in [7, 11) is 0. The summed E-state index contributed by atoms with van der Waals surface area (Å²) in [5, 5.41) is 3.33. The van der Waals surface area contributed by atoms with Crippen LogP contribution in [0.15, 0.2) is 47.6 Å². The van der Waals surface area contributed by atoms with E-state index in [0.29, 0.717) is 22.9 Å². The molecule has 2 heterocycles. The van der Waals surface area contributed by atoms with Crippen LogP contribution in [0.4, 0.5) is 0 Å². The van der Waals surface area contributed by atoms with E-state index in [4.69, 9.17) is 4.74 Å². The van der Waals surface area contributed by atoms with Crippen LogP contribution in [0.3, 0.4) is 0 Å². The summed E-state index contributed by atoms with van der Waals surface area (Å²) in [5.41, 5.74) is 1.55. The zero-order valence-electron chi connectivity index (χ0n) is 15.7. The third kappa shape index (κ3) is 6.37. The number of thioether (sulfide) groups is 1. The number of Topliss-reactive ketones (excluding diaryl/α,β-unsaturated/α-hetero) is 1. The molecule has 0 fully saturated rings. The van der Waals surface area contributed by atoms with Crippen molar-refractivity contribution in [1.82, 2.24) is 15.3 Å². The molecule has 3 rings (SSSR count). The highest BCUT2D eigenvalue weighted by molar-refractivity contribution is 7.99. The number of carbonyl (C=O) groups excluding carboxylic acids is 3. The largest absolute Gasteiger partial charge is 0.457 e. The van der Waals surface area contributed by atoms with E-state index in [2.05, 4.69) is 15.3 Å². The number of aromatic nitrogens is 2. The minimum atomic E-state index is -0.485. The fraction of sp³-hybridized carbons (Fsp3) is 0.250. The number of hydrogen-bond donors (Lipinski definition) is 1. The molecular formula is C20H19N3O4S2. The standard InChI is InChI=1S/C20H19N3O4S2/c1-13(24)21-9-8-14-6-7-18(29-14)17(25)11-27-20(26)12-28-19-10-22-15-4-2-3-5-16(15)23-19/h2-7,10H,8-9,11-12H2,1H3,(H,21,24). The van der Waals surface area contributed by atoms with Gasteiger partial charge in [-0.05, 0) is 30.7 Å². The van der Waals surface area contributed by atoms with Gasteiger partial charge in [0.2, 0.25) is 11.7 Å². The van der Waals surface area contributed by atoms with Crippen molar-refractivity contribution in [3.63, 3.8) is 0 Å². The maximum atomic E-state index is 12.2. The minimum Gasteiger partial charge on any atom is -0.457 e. The molecule has 1 N–H and O–H groups in total. The van der Waals surface area contributed by atoms with Crippen LogP contribution in [0, 0.1) is 0 Å². The van der Waals surface area contributed by atoms with Crippen LogP contribution >= 0.6 is 23.1 Å². The Morgan fingerprint density at radius 2 is 1.93 bits per heavy atom. The molecule has 0 radical (unpaired) electrons. The molecule has 0 aliphatic heterocycles. The quantitative estimate of drug-likeness (QED) is 0.317. The van der Waals surface area contributed by atoms with E-state index in [-0.39, 0.29) is 24.1 Å². The van der Waals surface area contributed by atoms with Gasteiger partial charge in [-0.25, -0.2) is 4.98 Å². The molecule has 0 spiro atoms. The molecule has 0 aliphatic carbocycles. The van der Waals surface area contributed by atoms with Gasteiger partial charge in [0.1, 0.15) is 5.03 Å². The van der Waals surface area contributed by atoms with Crippen molar-refractivity contribution in [2.75, 3.05) is 18.9 Å². The van der Waals surface area contributed by atoms with Crippen LogP contribution in [-0.4, -0.2) is 46.5 Å². The number of carbonyl (C=O) groups is 3. The van der Waals surface area contributed by atoms with Gasteiger partial charge in [-0.2, -0.15) is 0 Å². The van der Waals surface area contributed by atoms with Crippen molar-refractivity contribution in [1.29, 1.82) is 0 Å². The highest BCUT2D eigenvalue weighted by atomic mass is 32.2. The van der Waals surface area contributed by atoms with E-state index < -0.39 is 5.97 Å². The second-order valence-corrected chi connectivity index (χ2v) is 8.23. The number of ketones is 1. The Labute approximate surface area is 175 Å². The number of benzene rings is 1. The number of hydrogen-bond acceptors (Lipinski definition) is 8. The van der Waals surface area contributed by atoms with Crippen molar-refractivity contribution in [3.8, 4) is 0 Å².